The van der Waals surface area contributed by atoms with Crippen LogP contribution >= 0.6 is 11.8 Å². The first-order chi connectivity index (χ1) is 12.4. The van der Waals surface area contributed by atoms with Crippen LogP contribution in [0.3, 0.4) is 0 Å². The van der Waals surface area contributed by atoms with Crippen molar-refractivity contribution in [1.82, 2.24) is 9.88 Å². The quantitative estimate of drug-likeness (QED) is 0.730. The molecule has 1 saturated heterocycles. The monoisotopic (exact) mass is 382 g/mol. The van der Waals surface area contributed by atoms with Crippen LogP contribution in [-0.2, 0) is 6.18 Å². The number of hydrogen-bond donors (Lipinski definition) is 0. The lowest BCUT2D eigenvalue weighted by Gasteiger charge is -2.39. The van der Waals surface area contributed by atoms with Crippen LogP contribution in [0.25, 0.3) is 0 Å². The predicted octanol–water partition coefficient (Wildman–Crippen LogP) is 4.12. The fourth-order valence-corrected chi connectivity index (χ4v) is 3.43. The van der Waals surface area contributed by atoms with E-state index in [0.29, 0.717) is 5.56 Å². The molecule has 138 valence electrons. The van der Waals surface area contributed by atoms with Gasteiger partial charge in [0.2, 0.25) is 5.88 Å². The Hall–Kier alpha value is -2.22. The Labute approximate surface area is 153 Å². The summed E-state index contributed by atoms with van der Waals surface area (Å²) < 4.78 is 44.3. The minimum atomic E-state index is -4.53. The third-order valence-corrected chi connectivity index (χ3v) is 4.86. The van der Waals surface area contributed by atoms with Gasteiger partial charge in [-0.1, -0.05) is 19.1 Å². The van der Waals surface area contributed by atoms with Gasteiger partial charge in [-0.2, -0.15) is 13.2 Å². The lowest BCUT2D eigenvalue weighted by Crippen LogP contribution is -2.56. The van der Waals surface area contributed by atoms with Crippen molar-refractivity contribution in [2.45, 2.75) is 24.1 Å². The number of halogens is 3. The second kappa shape index (κ2) is 7.57. The molecule has 2 aromatic rings. The van der Waals surface area contributed by atoms with Crippen LogP contribution in [0.4, 0.5) is 13.2 Å². The SMILES string of the molecule is CCSc1ccccc1C(=O)N1CC(Oc2ncccc2C(F)(F)F)C1. The Kier molecular flexibility index (Phi) is 5.41. The number of carbonyl (C=O) groups excluding carboxylic acids is 1. The molecule has 1 amide bonds. The van der Waals surface area contributed by atoms with Gasteiger partial charge in [-0.25, -0.2) is 4.98 Å². The van der Waals surface area contributed by atoms with Gasteiger partial charge in [0.1, 0.15) is 11.7 Å². The van der Waals surface area contributed by atoms with E-state index in [1.807, 2.05) is 19.1 Å². The molecule has 4 nitrogen and oxygen atoms in total. The maximum absolute atomic E-state index is 13.0. The first kappa shape index (κ1) is 18.6. The summed E-state index contributed by atoms with van der Waals surface area (Å²) in [5.41, 5.74) is -0.305. The third-order valence-electron chi connectivity index (χ3n) is 3.91. The van der Waals surface area contributed by atoms with E-state index in [1.54, 1.807) is 28.8 Å². The molecule has 1 fully saturated rings. The zero-order chi connectivity index (χ0) is 18.7. The molecule has 1 aliphatic heterocycles. The van der Waals surface area contributed by atoms with Crippen molar-refractivity contribution < 1.29 is 22.7 Å². The van der Waals surface area contributed by atoms with E-state index in [1.165, 1.54) is 12.3 Å². The smallest absolute Gasteiger partial charge is 0.421 e. The molecule has 0 atom stereocenters. The molecule has 26 heavy (non-hydrogen) atoms. The van der Waals surface area contributed by atoms with E-state index in [0.717, 1.165) is 16.7 Å². The normalized spacial score (nSPS) is 14.8. The van der Waals surface area contributed by atoms with Gasteiger partial charge in [-0.15, -0.1) is 11.8 Å². The molecule has 0 saturated carbocycles. The maximum Gasteiger partial charge on any atom is 0.421 e. The zero-order valence-corrected chi connectivity index (χ0v) is 14.8. The fourth-order valence-electron chi connectivity index (χ4n) is 2.63. The minimum Gasteiger partial charge on any atom is -0.470 e. The summed E-state index contributed by atoms with van der Waals surface area (Å²) in [5, 5.41) is 0. The second-order valence-corrected chi connectivity index (χ2v) is 7.04. The van der Waals surface area contributed by atoms with Gasteiger partial charge in [0.15, 0.2) is 0 Å². The Morgan fingerprint density at radius 2 is 2.00 bits per heavy atom. The van der Waals surface area contributed by atoms with Crippen molar-refractivity contribution in [3.8, 4) is 5.88 Å². The zero-order valence-electron chi connectivity index (χ0n) is 14.0. The van der Waals surface area contributed by atoms with Crippen molar-refractivity contribution in [3.63, 3.8) is 0 Å². The average Bonchev–Trinajstić information content (AvgIpc) is 2.57. The van der Waals surface area contributed by atoms with E-state index in [-0.39, 0.29) is 19.0 Å². The van der Waals surface area contributed by atoms with Crippen LogP contribution in [0.5, 0.6) is 5.88 Å². The molecule has 3 rings (SSSR count). The number of likely N-dealkylation sites (tertiary alicyclic amines) is 1. The summed E-state index contributed by atoms with van der Waals surface area (Å²) in [7, 11) is 0. The number of amides is 1. The highest BCUT2D eigenvalue weighted by Crippen LogP contribution is 2.35. The summed E-state index contributed by atoms with van der Waals surface area (Å²) in [6, 6.07) is 9.46. The molecular formula is C18H17F3N2O2S. The summed E-state index contributed by atoms with van der Waals surface area (Å²) in [6.45, 7) is 2.47. The summed E-state index contributed by atoms with van der Waals surface area (Å²) in [4.78, 5) is 18.8. The largest absolute Gasteiger partial charge is 0.470 e. The summed E-state index contributed by atoms with van der Waals surface area (Å²) >= 11 is 1.58. The van der Waals surface area contributed by atoms with E-state index in [2.05, 4.69) is 4.98 Å². The maximum atomic E-state index is 13.0. The lowest BCUT2D eigenvalue weighted by molar-refractivity contribution is -0.140. The van der Waals surface area contributed by atoms with Gasteiger partial charge >= 0.3 is 6.18 Å². The predicted molar refractivity (Wildman–Crippen MR) is 92.4 cm³/mol. The van der Waals surface area contributed by atoms with E-state index >= 15 is 0 Å². The number of carbonyl (C=O) groups is 1. The number of hydrogen-bond acceptors (Lipinski definition) is 4. The van der Waals surface area contributed by atoms with Gasteiger partial charge in [0.25, 0.3) is 5.91 Å². The third kappa shape index (κ3) is 3.95. The molecule has 1 aliphatic rings. The molecule has 8 heteroatoms. The summed E-state index contributed by atoms with van der Waals surface area (Å²) in [6.07, 6.45) is -3.77. The number of aromatic nitrogens is 1. The fraction of sp³-hybridized carbons (Fsp3) is 0.333. The van der Waals surface area contributed by atoms with Gasteiger partial charge < -0.3 is 9.64 Å². The Balaban J connectivity index is 1.65. The number of thioether (sulfide) groups is 1. The highest BCUT2D eigenvalue weighted by Gasteiger charge is 2.38. The van der Waals surface area contributed by atoms with Crippen molar-refractivity contribution in [1.29, 1.82) is 0 Å². The van der Waals surface area contributed by atoms with Crippen LogP contribution in [0, 0.1) is 0 Å². The molecule has 2 heterocycles. The number of pyridine rings is 1. The average molecular weight is 382 g/mol. The van der Waals surface area contributed by atoms with Crippen molar-refractivity contribution in [2.24, 2.45) is 0 Å². The van der Waals surface area contributed by atoms with E-state index < -0.39 is 23.7 Å². The molecule has 0 unspecified atom stereocenters. The minimum absolute atomic E-state index is 0.140. The van der Waals surface area contributed by atoms with Gasteiger partial charge in [-0.3, -0.25) is 4.79 Å². The number of ether oxygens (including phenoxy) is 1. The van der Waals surface area contributed by atoms with Crippen LogP contribution in [0.1, 0.15) is 22.8 Å². The van der Waals surface area contributed by atoms with Crippen LogP contribution in [-0.4, -0.2) is 40.7 Å². The second-order valence-electron chi connectivity index (χ2n) is 5.73. The number of nitrogens with zero attached hydrogens (tertiary/aromatic N) is 2. The molecule has 0 aliphatic carbocycles. The molecule has 0 bridgehead atoms. The molecule has 1 aromatic heterocycles. The highest BCUT2D eigenvalue weighted by atomic mass is 32.2. The Morgan fingerprint density at radius 3 is 2.69 bits per heavy atom. The van der Waals surface area contributed by atoms with Crippen molar-refractivity contribution in [2.75, 3.05) is 18.8 Å². The van der Waals surface area contributed by atoms with Gasteiger partial charge in [0, 0.05) is 11.1 Å². The summed E-state index contributed by atoms with van der Waals surface area (Å²) in [5.74, 6) is 0.258. The Bertz CT molecular complexity index is 792. The number of benzene rings is 1. The lowest BCUT2D eigenvalue weighted by atomic mass is 10.1. The molecule has 0 radical (unpaired) electrons. The van der Waals surface area contributed by atoms with Crippen molar-refractivity contribution >= 4 is 17.7 Å². The van der Waals surface area contributed by atoms with Crippen molar-refractivity contribution in [3.05, 3.63) is 53.7 Å². The first-order valence-electron chi connectivity index (χ1n) is 8.10. The highest BCUT2D eigenvalue weighted by molar-refractivity contribution is 7.99. The standard InChI is InChI=1S/C18H17F3N2O2S/c1-2-26-15-8-4-3-6-13(15)17(24)23-10-12(11-23)25-16-14(18(19,20)21)7-5-9-22-16/h3-9,12H,2,10-11H2,1H3. The first-order valence-corrected chi connectivity index (χ1v) is 9.08. The number of alkyl halides is 3. The van der Waals surface area contributed by atoms with E-state index in [9.17, 15) is 18.0 Å². The van der Waals surface area contributed by atoms with Crippen LogP contribution in [0.2, 0.25) is 0 Å². The van der Waals surface area contributed by atoms with Crippen LogP contribution < -0.4 is 4.74 Å². The van der Waals surface area contributed by atoms with Crippen LogP contribution in [0.15, 0.2) is 47.5 Å². The number of rotatable bonds is 5. The van der Waals surface area contributed by atoms with E-state index in [4.69, 9.17) is 4.74 Å². The Morgan fingerprint density at radius 1 is 1.27 bits per heavy atom. The molecule has 1 aromatic carbocycles. The van der Waals surface area contributed by atoms with Gasteiger partial charge in [-0.05, 0) is 30.0 Å². The molecular weight excluding hydrogens is 365 g/mol. The molecule has 0 N–H and O–H groups in total. The van der Waals surface area contributed by atoms with Gasteiger partial charge in [0.05, 0.1) is 18.7 Å². The topological polar surface area (TPSA) is 42.4 Å². The molecule has 0 spiro atoms.